The molecule has 260 valence electrons. The highest BCUT2D eigenvalue weighted by molar-refractivity contribution is 7.47. The van der Waals surface area contributed by atoms with Crippen LogP contribution in [0, 0.1) is 0 Å². The van der Waals surface area contributed by atoms with Crippen LogP contribution >= 0.6 is 7.82 Å². The Morgan fingerprint density at radius 2 is 1.33 bits per heavy atom. The Bertz CT molecular complexity index is 923. The first-order valence-corrected chi connectivity index (χ1v) is 18.6. The van der Waals surface area contributed by atoms with Crippen molar-refractivity contribution < 1.29 is 32.9 Å². The monoisotopic (exact) mass is 653 g/mol. The molecule has 45 heavy (non-hydrogen) atoms. The van der Waals surface area contributed by atoms with Gasteiger partial charge >= 0.3 is 7.82 Å². The first-order valence-electron chi connectivity index (χ1n) is 17.2. The van der Waals surface area contributed by atoms with Gasteiger partial charge in [0.2, 0.25) is 5.91 Å². The van der Waals surface area contributed by atoms with Gasteiger partial charge in [-0.05, 0) is 57.8 Å². The molecular formula is C36H66N2O6P+. The minimum Gasteiger partial charge on any atom is -0.391 e. The molecule has 1 amide bonds. The van der Waals surface area contributed by atoms with Crippen LogP contribution in [0.2, 0.25) is 0 Å². The summed E-state index contributed by atoms with van der Waals surface area (Å²) in [5.41, 5.74) is 0. The Balaban J connectivity index is 4.34. The number of carbonyl (C=O) groups excluding carboxylic acids is 1. The summed E-state index contributed by atoms with van der Waals surface area (Å²) in [6, 6.07) is -0.775. The van der Waals surface area contributed by atoms with Crippen molar-refractivity contribution in [2.75, 3.05) is 40.9 Å². The number of quaternary nitrogens is 1. The van der Waals surface area contributed by atoms with Gasteiger partial charge in [-0.1, -0.05) is 107 Å². The van der Waals surface area contributed by atoms with E-state index in [9.17, 15) is 19.4 Å². The van der Waals surface area contributed by atoms with Gasteiger partial charge in [0.05, 0.1) is 39.9 Å². The quantitative estimate of drug-likeness (QED) is 0.0324. The number of unbranched alkanes of at least 4 members (excludes halogenated alkanes) is 6. The summed E-state index contributed by atoms with van der Waals surface area (Å²) >= 11 is 0. The van der Waals surface area contributed by atoms with Crippen molar-refractivity contribution >= 4 is 13.7 Å². The number of allylic oxidation sites excluding steroid dienone is 10. The minimum atomic E-state index is -4.30. The fraction of sp³-hybridized carbons (Fsp3) is 0.694. The van der Waals surface area contributed by atoms with Gasteiger partial charge in [-0.15, -0.1) is 0 Å². The zero-order chi connectivity index (χ0) is 33.7. The molecule has 0 spiro atoms. The maximum absolute atomic E-state index is 12.6. The summed E-state index contributed by atoms with van der Waals surface area (Å²) in [4.78, 5) is 22.7. The number of nitrogens with zero attached hydrogens (tertiary/aromatic N) is 1. The molecular weight excluding hydrogens is 587 g/mol. The Morgan fingerprint density at radius 3 is 1.89 bits per heavy atom. The van der Waals surface area contributed by atoms with Gasteiger partial charge in [-0.25, -0.2) is 4.57 Å². The molecule has 0 fully saturated rings. The van der Waals surface area contributed by atoms with Gasteiger partial charge < -0.3 is 19.8 Å². The number of aliphatic hydroxyl groups is 1. The largest absolute Gasteiger partial charge is 0.472 e. The molecule has 0 bridgehead atoms. The van der Waals surface area contributed by atoms with E-state index >= 15 is 0 Å². The third-order valence-corrected chi connectivity index (χ3v) is 8.01. The number of rotatable bonds is 29. The molecule has 0 saturated heterocycles. The van der Waals surface area contributed by atoms with E-state index in [1.54, 1.807) is 0 Å². The van der Waals surface area contributed by atoms with Crippen molar-refractivity contribution in [3.05, 3.63) is 60.8 Å². The second kappa shape index (κ2) is 28.4. The van der Waals surface area contributed by atoms with Crippen molar-refractivity contribution in [2.24, 2.45) is 0 Å². The van der Waals surface area contributed by atoms with Crippen LogP contribution in [0.25, 0.3) is 0 Å². The van der Waals surface area contributed by atoms with Gasteiger partial charge in [0.1, 0.15) is 13.2 Å². The smallest absolute Gasteiger partial charge is 0.391 e. The third-order valence-electron chi connectivity index (χ3n) is 7.03. The average Bonchev–Trinajstić information content (AvgIpc) is 2.97. The van der Waals surface area contributed by atoms with E-state index in [2.05, 4.69) is 79.9 Å². The topological polar surface area (TPSA) is 105 Å². The number of carbonyl (C=O) groups is 1. The number of nitrogens with one attached hydrogen (secondary N) is 1. The normalized spacial score (nSPS) is 15.6. The third kappa shape index (κ3) is 30.6. The summed E-state index contributed by atoms with van der Waals surface area (Å²) in [6.07, 6.45) is 34.4. The van der Waals surface area contributed by atoms with E-state index in [0.717, 1.165) is 83.5 Å². The lowest BCUT2D eigenvalue weighted by Crippen LogP contribution is -2.46. The van der Waals surface area contributed by atoms with E-state index in [1.807, 2.05) is 21.1 Å². The molecule has 0 heterocycles. The maximum Gasteiger partial charge on any atom is 0.472 e. The molecule has 0 aliphatic heterocycles. The molecule has 0 aliphatic rings. The van der Waals surface area contributed by atoms with Gasteiger partial charge in [0.15, 0.2) is 0 Å². The number of amides is 1. The van der Waals surface area contributed by atoms with Crippen LogP contribution in [0.15, 0.2) is 60.8 Å². The molecule has 0 aromatic rings. The fourth-order valence-corrected chi connectivity index (χ4v) is 4.98. The number of likely N-dealkylation sites (N-methyl/N-ethyl adjacent to an activating group) is 1. The van der Waals surface area contributed by atoms with Gasteiger partial charge in [0, 0.05) is 6.42 Å². The van der Waals surface area contributed by atoms with Crippen molar-refractivity contribution in [3.8, 4) is 0 Å². The highest BCUT2D eigenvalue weighted by Gasteiger charge is 2.28. The first-order chi connectivity index (χ1) is 21.5. The summed E-state index contributed by atoms with van der Waals surface area (Å²) in [5, 5.41) is 13.6. The van der Waals surface area contributed by atoms with Crippen LogP contribution in [0.3, 0.4) is 0 Å². The van der Waals surface area contributed by atoms with Crippen LogP contribution in [0.5, 0.6) is 0 Å². The standard InChI is InChI=1S/C36H65N2O6P/c1-6-8-10-12-13-14-15-16-17-18-19-20-21-22-23-24-25-26-28-30-36(40)37-34(35(39)29-27-11-9-7-2)33-44-45(41,42)43-32-31-38(3,4)5/h8,10,13-14,16-17,19-20,22-23,34-35,39H,6-7,9,11-12,15,18,21,24-33H2,1-5H3,(H-,37,40,41,42)/p+1/b10-8-,14-13-,17-16-,20-19-,23-22-. The molecule has 0 radical (unpaired) electrons. The summed E-state index contributed by atoms with van der Waals surface area (Å²) in [7, 11) is 1.57. The van der Waals surface area contributed by atoms with Crippen molar-refractivity contribution in [3.63, 3.8) is 0 Å². The lowest BCUT2D eigenvalue weighted by molar-refractivity contribution is -0.870. The maximum atomic E-state index is 12.6. The minimum absolute atomic E-state index is 0.0630. The molecule has 0 rings (SSSR count). The lowest BCUT2D eigenvalue weighted by atomic mass is 10.0. The fourth-order valence-electron chi connectivity index (χ4n) is 4.24. The van der Waals surface area contributed by atoms with Crippen molar-refractivity contribution in [1.29, 1.82) is 0 Å². The first kappa shape index (κ1) is 43.2. The summed E-state index contributed by atoms with van der Waals surface area (Å²) in [5.74, 6) is -0.190. The average molecular weight is 654 g/mol. The molecule has 0 aromatic heterocycles. The predicted molar refractivity (Wildman–Crippen MR) is 189 cm³/mol. The molecule has 3 atom stereocenters. The second-order valence-electron chi connectivity index (χ2n) is 12.5. The van der Waals surface area contributed by atoms with E-state index < -0.39 is 20.0 Å². The number of phosphoric ester groups is 1. The van der Waals surface area contributed by atoms with E-state index in [1.165, 1.54) is 0 Å². The molecule has 9 heteroatoms. The zero-order valence-electron chi connectivity index (χ0n) is 29.1. The number of hydrogen-bond donors (Lipinski definition) is 3. The van der Waals surface area contributed by atoms with Gasteiger partial charge in [-0.2, -0.15) is 0 Å². The Hall–Kier alpha value is -1.80. The van der Waals surface area contributed by atoms with Crippen molar-refractivity contribution in [2.45, 2.75) is 122 Å². The lowest BCUT2D eigenvalue weighted by Gasteiger charge is -2.26. The van der Waals surface area contributed by atoms with E-state index in [4.69, 9.17) is 9.05 Å². The molecule has 8 nitrogen and oxygen atoms in total. The number of phosphoric acid groups is 1. The second-order valence-corrected chi connectivity index (χ2v) is 14.0. The van der Waals surface area contributed by atoms with Gasteiger partial charge in [0.25, 0.3) is 0 Å². The molecule has 0 saturated carbocycles. The Labute approximate surface area is 275 Å². The van der Waals surface area contributed by atoms with Crippen LogP contribution in [0.4, 0.5) is 0 Å². The highest BCUT2D eigenvalue weighted by atomic mass is 31.2. The Morgan fingerprint density at radius 1 is 0.778 bits per heavy atom. The van der Waals surface area contributed by atoms with E-state index in [-0.39, 0.29) is 19.1 Å². The highest BCUT2D eigenvalue weighted by Crippen LogP contribution is 2.43. The number of aliphatic hydroxyl groups excluding tert-OH is 1. The van der Waals surface area contributed by atoms with Crippen molar-refractivity contribution in [1.82, 2.24) is 5.32 Å². The van der Waals surface area contributed by atoms with Crippen LogP contribution in [0.1, 0.15) is 110 Å². The molecule has 3 N–H and O–H groups in total. The van der Waals surface area contributed by atoms with Crippen LogP contribution in [-0.2, 0) is 18.4 Å². The number of hydrogen-bond acceptors (Lipinski definition) is 5. The van der Waals surface area contributed by atoms with E-state index in [0.29, 0.717) is 23.9 Å². The zero-order valence-corrected chi connectivity index (χ0v) is 30.0. The predicted octanol–water partition coefficient (Wildman–Crippen LogP) is 8.34. The summed E-state index contributed by atoms with van der Waals surface area (Å²) in [6.45, 7) is 4.58. The molecule has 0 aliphatic carbocycles. The molecule has 3 unspecified atom stereocenters. The molecule has 0 aromatic carbocycles. The van der Waals surface area contributed by atoms with Gasteiger partial charge in [-0.3, -0.25) is 13.8 Å². The Kier molecular flexibility index (Phi) is 27.3. The van der Waals surface area contributed by atoms with Crippen LogP contribution < -0.4 is 5.32 Å². The summed E-state index contributed by atoms with van der Waals surface area (Å²) < 4.78 is 23.2. The SMILES string of the molecule is CC/C=C\C/C=C\C/C=C\C/C=C\C/C=C\CCCCCC(=O)NC(COP(=O)(O)OCC[N+](C)(C)C)C(O)CCCCCC. The van der Waals surface area contributed by atoms with Crippen LogP contribution in [-0.4, -0.2) is 73.4 Å².